The van der Waals surface area contributed by atoms with E-state index in [0.29, 0.717) is 12.1 Å². The van der Waals surface area contributed by atoms with Crippen molar-refractivity contribution in [1.29, 1.82) is 0 Å². The summed E-state index contributed by atoms with van der Waals surface area (Å²) in [6.07, 6.45) is 0. The number of carboxylic acids is 1. The third kappa shape index (κ3) is 3.34. The van der Waals surface area contributed by atoms with Crippen molar-refractivity contribution in [1.82, 2.24) is 0 Å². The van der Waals surface area contributed by atoms with Crippen molar-refractivity contribution in [2.75, 3.05) is 4.72 Å². The lowest BCUT2D eigenvalue weighted by Gasteiger charge is -2.11. The summed E-state index contributed by atoms with van der Waals surface area (Å²) in [6, 6.07) is 5.30. The van der Waals surface area contributed by atoms with Gasteiger partial charge >= 0.3 is 0 Å². The van der Waals surface area contributed by atoms with Crippen LogP contribution in [-0.2, 0) is 10.0 Å². The first-order valence-electron chi connectivity index (χ1n) is 5.69. The fourth-order valence-electron chi connectivity index (χ4n) is 1.61. The minimum atomic E-state index is -4.33. The minimum absolute atomic E-state index is 0.0913. The summed E-state index contributed by atoms with van der Waals surface area (Å²) in [4.78, 5) is 10.2. The van der Waals surface area contributed by atoms with Crippen molar-refractivity contribution < 1.29 is 27.1 Å². The molecule has 2 aromatic rings. The van der Waals surface area contributed by atoms with Gasteiger partial charge in [-0.15, -0.1) is 0 Å². The molecule has 5 nitrogen and oxygen atoms in total. The molecule has 22 heavy (non-hydrogen) atoms. The first-order valence-corrected chi connectivity index (χ1v) is 7.55. The summed E-state index contributed by atoms with van der Waals surface area (Å²) < 4.78 is 52.9. The van der Waals surface area contributed by atoms with Gasteiger partial charge < -0.3 is 9.90 Å². The van der Waals surface area contributed by atoms with Gasteiger partial charge in [-0.05, 0) is 36.4 Å². The van der Waals surface area contributed by atoms with Crippen molar-refractivity contribution in [2.45, 2.75) is 4.90 Å². The fourth-order valence-corrected chi connectivity index (χ4v) is 2.86. The van der Waals surface area contributed by atoms with E-state index in [-0.39, 0.29) is 5.02 Å². The SMILES string of the molecule is O=C([O-])c1cc(S(=O)(=O)Nc2cc(Cl)ccc2F)ccc1F. The number of benzene rings is 2. The van der Waals surface area contributed by atoms with Gasteiger partial charge in [0, 0.05) is 10.6 Å². The van der Waals surface area contributed by atoms with E-state index in [1.807, 2.05) is 4.72 Å². The molecule has 0 aliphatic heterocycles. The number of carboxylic acid groups (broad SMARTS) is 1. The van der Waals surface area contributed by atoms with E-state index in [0.717, 1.165) is 18.2 Å². The molecule has 0 saturated carbocycles. The maximum Gasteiger partial charge on any atom is 0.262 e. The maximum absolute atomic E-state index is 13.5. The Hall–Kier alpha value is -2.19. The lowest BCUT2D eigenvalue weighted by molar-refractivity contribution is -0.255. The van der Waals surface area contributed by atoms with Crippen molar-refractivity contribution in [2.24, 2.45) is 0 Å². The predicted octanol–water partition coefficient (Wildman–Crippen LogP) is 1.78. The van der Waals surface area contributed by atoms with E-state index in [1.54, 1.807) is 0 Å². The molecule has 0 unspecified atom stereocenters. The van der Waals surface area contributed by atoms with Crippen molar-refractivity contribution in [3.8, 4) is 0 Å². The van der Waals surface area contributed by atoms with Crippen LogP contribution in [-0.4, -0.2) is 14.4 Å². The van der Waals surface area contributed by atoms with Crippen molar-refractivity contribution >= 4 is 33.3 Å². The number of carbonyl (C=O) groups excluding carboxylic acids is 1. The zero-order valence-corrected chi connectivity index (χ0v) is 12.2. The molecule has 0 fully saturated rings. The van der Waals surface area contributed by atoms with Crippen LogP contribution < -0.4 is 9.83 Å². The predicted molar refractivity (Wildman–Crippen MR) is 72.9 cm³/mol. The summed E-state index contributed by atoms with van der Waals surface area (Å²) in [5.41, 5.74) is -1.35. The quantitative estimate of drug-likeness (QED) is 0.914. The average molecular weight is 347 g/mol. The van der Waals surface area contributed by atoms with Gasteiger partial charge in [0.15, 0.2) is 0 Å². The lowest BCUT2D eigenvalue weighted by Crippen LogP contribution is -2.24. The highest BCUT2D eigenvalue weighted by molar-refractivity contribution is 7.92. The Morgan fingerprint density at radius 3 is 2.36 bits per heavy atom. The zero-order chi connectivity index (χ0) is 16.5. The highest BCUT2D eigenvalue weighted by atomic mass is 35.5. The van der Waals surface area contributed by atoms with E-state index in [4.69, 9.17) is 11.6 Å². The van der Waals surface area contributed by atoms with E-state index < -0.39 is 43.8 Å². The van der Waals surface area contributed by atoms with E-state index in [1.165, 1.54) is 6.07 Å². The zero-order valence-electron chi connectivity index (χ0n) is 10.6. The van der Waals surface area contributed by atoms with Gasteiger partial charge in [-0.25, -0.2) is 17.2 Å². The van der Waals surface area contributed by atoms with Gasteiger partial charge in [-0.1, -0.05) is 11.6 Å². The van der Waals surface area contributed by atoms with Gasteiger partial charge in [-0.3, -0.25) is 4.72 Å². The van der Waals surface area contributed by atoms with Crippen LogP contribution in [0.2, 0.25) is 5.02 Å². The molecule has 0 radical (unpaired) electrons. The largest absolute Gasteiger partial charge is 0.545 e. The molecule has 0 amide bonds. The Labute approximate surface area is 129 Å². The summed E-state index contributed by atoms with van der Waals surface area (Å²) >= 11 is 5.64. The Morgan fingerprint density at radius 2 is 1.73 bits per heavy atom. The summed E-state index contributed by atoms with van der Waals surface area (Å²) in [7, 11) is -4.33. The van der Waals surface area contributed by atoms with E-state index in [2.05, 4.69) is 0 Å². The molecule has 0 heterocycles. The number of rotatable bonds is 4. The molecule has 1 N–H and O–H groups in total. The highest BCUT2D eigenvalue weighted by Crippen LogP contribution is 2.23. The molecule has 0 spiro atoms. The molecule has 0 saturated heterocycles. The Balaban J connectivity index is 2.45. The Morgan fingerprint density at radius 1 is 1.09 bits per heavy atom. The molecule has 116 valence electrons. The van der Waals surface area contributed by atoms with Crippen LogP contribution in [0.25, 0.3) is 0 Å². The first-order chi connectivity index (χ1) is 10.2. The van der Waals surface area contributed by atoms with Crippen LogP contribution >= 0.6 is 11.6 Å². The minimum Gasteiger partial charge on any atom is -0.545 e. The van der Waals surface area contributed by atoms with Gasteiger partial charge in [0.25, 0.3) is 10.0 Å². The Bertz CT molecular complexity index is 855. The molecular weight excluding hydrogens is 340 g/mol. The van der Waals surface area contributed by atoms with Crippen LogP contribution in [0.5, 0.6) is 0 Å². The second-order valence-corrected chi connectivity index (χ2v) is 6.28. The van der Waals surface area contributed by atoms with Crippen LogP contribution in [0.3, 0.4) is 0 Å². The van der Waals surface area contributed by atoms with Gasteiger partial charge in [0.2, 0.25) is 0 Å². The number of sulfonamides is 1. The number of anilines is 1. The molecule has 9 heteroatoms. The smallest absolute Gasteiger partial charge is 0.262 e. The van der Waals surface area contributed by atoms with Gasteiger partial charge in [-0.2, -0.15) is 0 Å². The van der Waals surface area contributed by atoms with Crippen LogP contribution in [0.15, 0.2) is 41.3 Å². The Kier molecular flexibility index (Phi) is 4.34. The topological polar surface area (TPSA) is 86.3 Å². The highest BCUT2D eigenvalue weighted by Gasteiger charge is 2.18. The summed E-state index contributed by atoms with van der Waals surface area (Å²) in [5.74, 6) is -3.90. The fraction of sp³-hybridized carbons (Fsp3) is 0. The molecule has 0 bridgehead atoms. The number of hydrogen-bond donors (Lipinski definition) is 1. The van der Waals surface area contributed by atoms with E-state index >= 15 is 0 Å². The third-order valence-corrected chi connectivity index (χ3v) is 4.24. The van der Waals surface area contributed by atoms with E-state index in [9.17, 15) is 27.1 Å². The molecule has 2 rings (SSSR count). The van der Waals surface area contributed by atoms with Crippen LogP contribution in [0.4, 0.5) is 14.5 Å². The lowest BCUT2D eigenvalue weighted by atomic mass is 10.2. The molecule has 0 atom stereocenters. The number of hydrogen-bond acceptors (Lipinski definition) is 4. The normalized spacial score (nSPS) is 11.2. The number of aromatic carboxylic acids is 1. The maximum atomic E-state index is 13.5. The molecule has 0 aliphatic rings. The molecule has 0 aliphatic carbocycles. The standard InChI is InChI=1S/C13H8ClF2NO4S/c14-7-1-3-11(16)12(5-7)17-22(20,21)8-2-4-10(15)9(6-8)13(18)19/h1-6,17H,(H,18,19)/p-1. The number of nitrogens with one attached hydrogen (secondary N) is 1. The summed E-state index contributed by atoms with van der Waals surface area (Å²) in [5, 5.41) is 10.8. The van der Waals surface area contributed by atoms with Crippen molar-refractivity contribution in [3.05, 3.63) is 58.6 Å². The average Bonchev–Trinajstić information content (AvgIpc) is 2.42. The summed E-state index contributed by atoms with van der Waals surface area (Å²) in [6.45, 7) is 0. The molecule has 0 aromatic heterocycles. The van der Waals surface area contributed by atoms with Gasteiger partial charge in [0.1, 0.15) is 11.6 Å². The second kappa shape index (κ2) is 5.90. The van der Waals surface area contributed by atoms with Gasteiger partial charge in [0.05, 0.1) is 16.6 Å². The first kappa shape index (κ1) is 16.2. The number of carbonyl (C=O) groups is 1. The second-order valence-electron chi connectivity index (χ2n) is 4.16. The third-order valence-electron chi connectivity index (χ3n) is 2.64. The molecular formula is C13H7ClF2NO4S-. The van der Waals surface area contributed by atoms with Crippen molar-refractivity contribution in [3.63, 3.8) is 0 Å². The molecule has 2 aromatic carbocycles. The van der Waals surface area contributed by atoms with Crippen LogP contribution in [0, 0.1) is 11.6 Å². The van der Waals surface area contributed by atoms with Crippen LogP contribution in [0.1, 0.15) is 10.4 Å². The monoisotopic (exact) mass is 346 g/mol. The number of halogens is 3.